The lowest BCUT2D eigenvalue weighted by Gasteiger charge is -2.36. The summed E-state index contributed by atoms with van der Waals surface area (Å²) < 4.78 is 22.1. The number of benzene rings is 2. The number of nitrogens with zero attached hydrogens (tertiary/aromatic N) is 2. The zero-order chi connectivity index (χ0) is 28.3. The highest BCUT2D eigenvalue weighted by atomic mass is 35.5. The number of aromatic carboxylic acids is 1. The van der Waals surface area contributed by atoms with Gasteiger partial charge in [0, 0.05) is 52.6 Å². The summed E-state index contributed by atoms with van der Waals surface area (Å²) in [5.74, 6) is 5.34. The first-order valence-electron chi connectivity index (χ1n) is 12.8. The fourth-order valence-electron chi connectivity index (χ4n) is 4.84. The monoisotopic (exact) mass is 610 g/mol. The van der Waals surface area contributed by atoms with E-state index in [1.54, 1.807) is 30.4 Å². The van der Waals surface area contributed by atoms with E-state index in [1.807, 2.05) is 47.3 Å². The number of hydrogen-bond acceptors (Lipinski definition) is 6. The molecule has 10 heteroatoms. The van der Waals surface area contributed by atoms with Gasteiger partial charge in [-0.2, -0.15) is 0 Å². The van der Waals surface area contributed by atoms with E-state index in [2.05, 4.69) is 16.8 Å². The number of carbonyl (C=O) groups is 1. The van der Waals surface area contributed by atoms with Crippen molar-refractivity contribution in [1.29, 1.82) is 0 Å². The molecule has 40 heavy (non-hydrogen) atoms. The second-order valence-corrected chi connectivity index (χ2v) is 14.7. The van der Waals surface area contributed by atoms with Crippen LogP contribution in [0.15, 0.2) is 59.4 Å². The van der Waals surface area contributed by atoms with Gasteiger partial charge in [0.2, 0.25) is 0 Å². The Hall–Kier alpha value is -2.92. The lowest BCUT2D eigenvalue weighted by Crippen LogP contribution is -2.34. The molecule has 0 aliphatic carbocycles. The summed E-state index contributed by atoms with van der Waals surface area (Å²) in [5.41, 5.74) is 5.48. The molecule has 206 valence electrons. The Labute approximate surface area is 247 Å². The maximum absolute atomic E-state index is 14.7. The molecule has 6 nitrogen and oxygen atoms in total. The van der Waals surface area contributed by atoms with E-state index in [-0.39, 0.29) is 10.8 Å². The molecule has 1 saturated heterocycles. The molecule has 0 amide bonds. The third-order valence-electron chi connectivity index (χ3n) is 6.96. The Bertz CT molecular complexity index is 1620. The van der Waals surface area contributed by atoms with Gasteiger partial charge < -0.3 is 14.5 Å². The summed E-state index contributed by atoms with van der Waals surface area (Å²) in [4.78, 5) is 17.7. The lowest BCUT2D eigenvalue weighted by atomic mass is 10.0. The standard InChI is InChI=1S/C30H28ClN2O4PS2/c1-20-15-24(31)8-10-27(20)38(2,36)33(17-22-11-13-37-14-12-22)26-16-28(40-29(26)30(34)35)23-6-3-21(4-7-23)5-9-25-18-39-19-32-25/h3-4,6-8,10,15-16,18-19,22H,11-14,17H2,1-2H3,(H,34,35). The van der Waals surface area contributed by atoms with Crippen LogP contribution in [0.25, 0.3) is 10.4 Å². The largest absolute Gasteiger partial charge is 0.477 e. The van der Waals surface area contributed by atoms with Crippen molar-refractivity contribution in [2.24, 2.45) is 5.92 Å². The van der Waals surface area contributed by atoms with Gasteiger partial charge in [0.15, 0.2) is 7.29 Å². The van der Waals surface area contributed by atoms with Crippen LogP contribution in [-0.4, -0.2) is 42.5 Å². The lowest BCUT2D eigenvalue weighted by molar-refractivity contribution is 0.0685. The molecule has 2 aromatic carbocycles. The molecule has 1 unspecified atom stereocenters. The number of ether oxygens (including phenoxy) is 1. The summed E-state index contributed by atoms with van der Waals surface area (Å²) >= 11 is 8.90. The zero-order valence-electron chi connectivity index (χ0n) is 22.1. The van der Waals surface area contributed by atoms with Crippen LogP contribution in [0, 0.1) is 24.7 Å². The van der Waals surface area contributed by atoms with Crippen molar-refractivity contribution < 1.29 is 19.2 Å². The minimum absolute atomic E-state index is 0.170. The number of thiazole rings is 1. The normalized spacial score (nSPS) is 15.2. The molecule has 0 bridgehead atoms. The van der Waals surface area contributed by atoms with Gasteiger partial charge in [-0.25, -0.2) is 9.78 Å². The van der Waals surface area contributed by atoms with Crippen LogP contribution in [0.4, 0.5) is 5.69 Å². The van der Waals surface area contributed by atoms with Gasteiger partial charge in [0.25, 0.3) is 0 Å². The molecule has 4 aromatic rings. The summed E-state index contributed by atoms with van der Waals surface area (Å²) in [5, 5.41) is 13.4. The minimum atomic E-state index is -3.23. The van der Waals surface area contributed by atoms with Gasteiger partial charge >= 0.3 is 5.97 Å². The Morgan fingerprint density at radius 2 is 1.93 bits per heavy atom. The van der Waals surface area contributed by atoms with Crippen LogP contribution in [0.3, 0.4) is 0 Å². The van der Waals surface area contributed by atoms with Crippen LogP contribution < -0.4 is 9.97 Å². The molecule has 1 atom stereocenters. The van der Waals surface area contributed by atoms with Crippen LogP contribution in [-0.2, 0) is 9.30 Å². The molecule has 1 fully saturated rings. The highest BCUT2D eigenvalue weighted by Crippen LogP contribution is 2.52. The van der Waals surface area contributed by atoms with Gasteiger partial charge in [-0.1, -0.05) is 29.7 Å². The van der Waals surface area contributed by atoms with Crippen molar-refractivity contribution in [3.05, 3.63) is 86.1 Å². The van der Waals surface area contributed by atoms with E-state index in [0.29, 0.717) is 35.8 Å². The van der Waals surface area contributed by atoms with Crippen molar-refractivity contribution in [1.82, 2.24) is 4.98 Å². The van der Waals surface area contributed by atoms with E-state index >= 15 is 0 Å². The van der Waals surface area contributed by atoms with E-state index in [1.165, 1.54) is 22.7 Å². The topological polar surface area (TPSA) is 79.7 Å². The fraction of sp³-hybridized carbons (Fsp3) is 0.267. The molecule has 0 radical (unpaired) electrons. The quantitative estimate of drug-likeness (QED) is 0.174. The second-order valence-electron chi connectivity index (χ2n) is 9.78. The van der Waals surface area contributed by atoms with Crippen molar-refractivity contribution in [2.45, 2.75) is 19.8 Å². The maximum Gasteiger partial charge on any atom is 0.348 e. The van der Waals surface area contributed by atoms with Gasteiger partial charge in [-0.15, -0.1) is 22.7 Å². The van der Waals surface area contributed by atoms with Crippen LogP contribution in [0.1, 0.15) is 39.3 Å². The Morgan fingerprint density at radius 3 is 2.58 bits per heavy atom. The van der Waals surface area contributed by atoms with Crippen LogP contribution in [0.2, 0.25) is 5.02 Å². The number of thiophene rings is 1. The van der Waals surface area contributed by atoms with Crippen molar-refractivity contribution >= 4 is 58.5 Å². The van der Waals surface area contributed by atoms with E-state index in [0.717, 1.165) is 40.1 Å². The number of aryl methyl sites for hydroxylation is 1. The zero-order valence-corrected chi connectivity index (χ0v) is 25.4. The molecular weight excluding hydrogens is 583 g/mol. The number of hydrogen-bond donors (Lipinski definition) is 1. The van der Waals surface area contributed by atoms with E-state index in [4.69, 9.17) is 16.3 Å². The van der Waals surface area contributed by atoms with Gasteiger partial charge in [-0.3, -0.25) is 4.57 Å². The molecule has 0 spiro atoms. The number of aromatic nitrogens is 1. The molecule has 0 saturated carbocycles. The third kappa shape index (κ3) is 6.35. The first kappa shape index (κ1) is 28.6. The average Bonchev–Trinajstić information content (AvgIpc) is 3.62. The predicted molar refractivity (Wildman–Crippen MR) is 165 cm³/mol. The first-order valence-corrected chi connectivity index (χ1v) is 17.0. The molecule has 3 heterocycles. The Balaban J connectivity index is 1.54. The smallest absolute Gasteiger partial charge is 0.348 e. The summed E-state index contributed by atoms with van der Waals surface area (Å²) in [6.45, 7) is 5.37. The van der Waals surface area contributed by atoms with Gasteiger partial charge in [0.05, 0.1) is 11.2 Å². The number of rotatable bonds is 7. The maximum atomic E-state index is 14.7. The predicted octanol–water partition coefficient (Wildman–Crippen LogP) is 7.40. The van der Waals surface area contributed by atoms with E-state index < -0.39 is 13.3 Å². The van der Waals surface area contributed by atoms with Gasteiger partial charge in [0.1, 0.15) is 10.6 Å². The molecule has 1 N–H and O–H groups in total. The molecule has 1 aliphatic rings. The fourth-order valence-corrected chi connectivity index (χ4v) is 9.07. The minimum Gasteiger partial charge on any atom is -0.477 e. The highest BCUT2D eigenvalue weighted by molar-refractivity contribution is 7.72. The van der Waals surface area contributed by atoms with Crippen LogP contribution >= 0.6 is 41.6 Å². The number of halogens is 1. The summed E-state index contributed by atoms with van der Waals surface area (Å²) in [6.07, 6.45) is 1.66. The molecule has 1 aliphatic heterocycles. The molecule has 5 rings (SSSR count). The molecule has 2 aromatic heterocycles. The SMILES string of the molecule is Cc1cc(Cl)ccc1P(C)(=O)N(CC1CCOCC1)c1cc(-c2ccc(C#Cc3cscn3)cc2)sc1C(=O)O. The average molecular weight is 611 g/mol. The summed E-state index contributed by atoms with van der Waals surface area (Å²) in [7, 11) is -3.23. The Morgan fingerprint density at radius 1 is 1.18 bits per heavy atom. The van der Waals surface area contributed by atoms with Crippen LogP contribution in [0.5, 0.6) is 0 Å². The number of carboxylic acid groups (broad SMARTS) is 1. The number of anilines is 1. The summed E-state index contributed by atoms with van der Waals surface area (Å²) in [6, 6.07) is 14.9. The number of carboxylic acids is 1. The molecular formula is C30H28ClN2O4PS2. The van der Waals surface area contributed by atoms with Crippen molar-refractivity contribution in [3.63, 3.8) is 0 Å². The second kappa shape index (κ2) is 12.3. The van der Waals surface area contributed by atoms with Crippen molar-refractivity contribution in [3.8, 4) is 22.3 Å². The highest BCUT2D eigenvalue weighted by Gasteiger charge is 2.35. The van der Waals surface area contributed by atoms with Gasteiger partial charge in [-0.05, 0) is 79.1 Å². The Kier molecular flexibility index (Phi) is 8.80. The van der Waals surface area contributed by atoms with Crippen molar-refractivity contribution in [2.75, 3.05) is 31.1 Å². The van der Waals surface area contributed by atoms with E-state index in [9.17, 15) is 14.5 Å². The third-order valence-corrected chi connectivity index (χ3v) is 11.6. The first-order chi connectivity index (χ1) is 19.2.